The first-order chi connectivity index (χ1) is 19.0. The van der Waals surface area contributed by atoms with Crippen LogP contribution in [0.1, 0.15) is 68.1 Å². The SMILES string of the molecule is CC1C/C=C/C(C(=O)N2CCC3(CC2)NC(=C2CCC2)c2cc(/C(N)=N/N=N)ccc2O3)=N\c2ccccc21. The van der Waals surface area contributed by atoms with Crippen LogP contribution in [0.15, 0.2) is 75.5 Å². The quantitative estimate of drug-likeness (QED) is 0.216. The van der Waals surface area contributed by atoms with Crippen molar-refractivity contribution in [2.45, 2.75) is 57.1 Å². The van der Waals surface area contributed by atoms with Gasteiger partial charge in [-0.15, -0.1) is 5.10 Å². The number of hydrogen-bond donors (Lipinski definition) is 3. The molecule has 3 heterocycles. The molecule has 2 aromatic rings. The number of hydrogen-bond acceptors (Lipinski definition) is 6. The minimum atomic E-state index is -0.583. The molecule has 2 fully saturated rings. The second-order valence-corrected chi connectivity index (χ2v) is 10.7. The molecule has 0 radical (unpaired) electrons. The summed E-state index contributed by atoms with van der Waals surface area (Å²) in [4.78, 5) is 20.3. The zero-order valence-corrected chi connectivity index (χ0v) is 22.1. The normalized spacial score (nSPS) is 24.0. The van der Waals surface area contributed by atoms with Gasteiger partial charge in [-0.2, -0.15) is 5.53 Å². The van der Waals surface area contributed by atoms with E-state index in [1.807, 2.05) is 47.4 Å². The summed E-state index contributed by atoms with van der Waals surface area (Å²) in [5.74, 6) is 1.30. The number of fused-ring (bicyclic) bond motifs is 2. The third-order valence-electron chi connectivity index (χ3n) is 8.22. The number of nitrogens with two attached hydrogens (primary N) is 1. The Kier molecular flexibility index (Phi) is 6.50. The molecule has 0 bridgehead atoms. The molecule has 4 N–H and O–H groups in total. The number of likely N-dealkylation sites (tertiary alicyclic amines) is 1. The van der Waals surface area contributed by atoms with E-state index in [-0.39, 0.29) is 11.7 Å². The molecule has 1 aliphatic carbocycles. The number of aliphatic imine (C=N–C) groups is 1. The lowest BCUT2D eigenvalue weighted by Gasteiger charge is -2.47. The zero-order chi connectivity index (χ0) is 27.0. The van der Waals surface area contributed by atoms with Crippen molar-refractivity contribution in [2.24, 2.45) is 21.1 Å². The summed E-state index contributed by atoms with van der Waals surface area (Å²) >= 11 is 0. The van der Waals surface area contributed by atoms with Crippen LogP contribution >= 0.6 is 0 Å². The van der Waals surface area contributed by atoms with Crippen LogP contribution in [-0.4, -0.2) is 41.2 Å². The lowest BCUT2D eigenvalue weighted by molar-refractivity contribution is -0.128. The largest absolute Gasteiger partial charge is 0.467 e. The average molecular weight is 524 g/mol. The number of carbonyl (C=O) groups is 1. The number of allylic oxidation sites excluding steroid dienone is 2. The third kappa shape index (κ3) is 4.73. The summed E-state index contributed by atoms with van der Waals surface area (Å²) in [5.41, 5.74) is 19.1. The average Bonchev–Trinajstić information content (AvgIpc) is 2.90. The first-order valence-electron chi connectivity index (χ1n) is 13.6. The Bertz CT molecular complexity index is 1440. The van der Waals surface area contributed by atoms with Gasteiger partial charge in [0, 0.05) is 42.8 Å². The molecule has 0 aromatic heterocycles. The number of carbonyl (C=O) groups excluding carboxylic acids is 1. The Labute approximate surface area is 228 Å². The van der Waals surface area contributed by atoms with Gasteiger partial charge in [0.25, 0.3) is 5.91 Å². The fourth-order valence-electron chi connectivity index (χ4n) is 5.76. The monoisotopic (exact) mass is 523 g/mol. The fourth-order valence-corrected chi connectivity index (χ4v) is 5.76. The van der Waals surface area contributed by atoms with Crippen LogP contribution in [0.5, 0.6) is 5.75 Å². The molecule has 2 aromatic carbocycles. The van der Waals surface area contributed by atoms with Crippen molar-refractivity contribution in [1.82, 2.24) is 10.2 Å². The van der Waals surface area contributed by atoms with E-state index in [4.69, 9.17) is 21.0 Å². The number of para-hydroxylation sites is 1. The molecule has 1 unspecified atom stereocenters. The lowest BCUT2D eigenvalue weighted by Crippen LogP contribution is -2.59. The second kappa shape index (κ2) is 10.1. The van der Waals surface area contributed by atoms with Gasteiger partial charge in [-0.25, -0.2) is 4.99 Å². The smallest absolute Gasteiger partial charge is 0.272 e. The lowest BCUT2D eigenvalue weighted by atomic mass is 9.85. The molecule has 1 atom stereocenters. The number of benzene rings is 2. The number of amidine groups is 1. The summed E-state index contributed by atoms with van der Waals surface area (Å²) in [7, 11) is 0. The Hall–Kier alpha value is -4.27. The van der Waals surface area contributed by atoms with Crippen molar-refractivity contribution >= 4 is 28.8 Å². The van der Waals surface area contributed by atoms with Crippen LogP contribution in [0.3, 0.4) is 0 Å². The van der Waals surface area contributed by atoms with Crippen molar-refractivity contribution in [2.75, 3.05) is 13.1 Å². The van der Waals surface area contributed by atoms with E-state index in [0.29, 0.717) is 43.1 Å². The maximum absolute atomic E-state index is 13.6. The standard InChI is InChI=1S/C30H33N7O2/c1-19-6-4-11-25(33-24-10-3-2-9-22(19)24)29(38)37-16-14-30(15-17-37)34-27(20-7-5-8-20)23-18-21(28(31)35-36-32)12-13-26(23)39-30/h2-4,9-13,18-19,34H,5-8,14-17H2,1H3,(H3,31,32,35)/b11-4+,33-25+. The number of rotatable bonds is 3. The Morgan fingerprint density at radius 1 is 1.21 bits per heavy atom. The number of ether oxygens (including phenoxy) is 1. The highest BCUT2D eigenvalue weighted by atomic mass is 16.5. The molecule has 6 rings (SSSR count). The maximum Gasteiger partial charge on any atom is 0.272 e. The fraction of sp³-hybridized carbons (Fsp3) is 0.367. The van der Waals surface area contributed by atoms with Crippen LogP contribution in [0.4, 0.5) is 5.69 Å². The van der Waals surface area contributed by atoms with Crippen LogP contribution in [-0.2, 0) is 4.79 Å². The summed E-state index contributed by atoms with van der Waals surface area (Å²) < 4.78 is 6.60. The Balaban J connectivity index is 1.23. The van der Waals surface area contributed by atoms with Crippen molar-refractivity contribution < 1.29 is 9.53 Å². The highest BCUT2D eigenvalue weighted by Gasteiger charge is 2.43. The van der Waals surface area contributed by atoms with Gasteiger partial charge in [0.05, 0.1) is 5.69 Å². The molecule has 9 heteroatoms. The van der Waals surface area contributed by atoms with Crippen LogP contribution in [0, 0.1) is 5.53 Å². The van der Waals surface area contributed by atoms with Gasteiger partial charge in [-0.05, 0) is 73.1 Å². The van der Waals surface area contributed by atoms with Crippen LogP contribution in [0.25, 0.3) is 5.70 Å². The predicted molar refractivity (Wildman–Crippen MR) is 151 cm³/mol. The number of nitrogens with one attached hydrogen (secondary N) is 2. The van der Waals surface area contributed by atoms with Crippen LogP contribution in [0.2, 0.25) is 0 Å². The molecular formula is C30H33N7O2. The predicted octanol–water partition coefficient (Wildman–Crippen LogP) is 5.37. The molecule has 3 aliphatic heterocycles. The highest BCUT2D eigenvalue weighted by Crippen LogP contribution is 2.43. The van der Waals surface area contributed by atoms with Crippen molar-refractivity contribution in [1.29, 1.82) is 5.53 Å². The van der Waals surface area contributed by atoms with Crippen molar-refractivity contribution in [3.63, 3.8) is 0 Å². The van der Waals surface area contributed by atoms with Gasteiger partial charge in [0.15, 0.2) is 11.6 Å². The minimum Gasteiger partial charge on any atom is -0.467 e. The summed E-state index contributed by atoms with van der Waals surface area (Å²) in [6.07, 6.45) is 9.39. The topological polar surface area (TPSA) is 129 Å². The molecule has 200 valence electrons. The minimum absolute atomic E-state index is 0.0431. The van der Waals surface area contributed by atoms with E-state index >= 15 is 0 Å². The zero-order valence-electron chi connectivity index (χ0n) is 22.1. The third-order valence-corrected chi connectivity index (χ3v) is 8.22. The van der Waals surface area contributed by atoms with Gasteiger partial charge in [-0.1, -0.05) is 36.4 Å². The van der Waals surface area contributed by atoms with Crippen molar-refractivity contribution in [3.8, 4) is 5.75 Å². The maximum atomic E-state index is 13.6. The molecule has 4 aliphatic rings. The number of amides is 1. The Morgan fingerprint density at radius 3 is 2.74 bits per heavy atom. The van der Waals surface area contributed by atoms with Crippen molar-refractivity contribution in [3.05, 3.63) is 76.9 Å². The van der Waals surface area contributed by atoms with E-state index in [1.165, 1.54) is 17.6 Å². The highest BCUT2D eigenvalue weighted by molar-refractivity contribution is 6.43. The first-order valence-corrected chi connectivity index (χ1v) is 13.6. The van der Waals surface area contributed by atoms with E-state index in [9.17, 15) is 4.79 Å². The van der Waals surface area contributed by atoms with Gasteiger partial charge in [-0.3, -0.25) is 4.79 Å². The van der Waals surface area contributed by atoms with E-state index in [1.54, 1.807) is 0 Å². The molecule has 39 heavy (non-hydrogen) atoms. The van der Waals surface area contributed by atoms with Gasteiger partial charge in [0.2, 0.25) is 0 Å². The molecule has 1 saturated heterocycles. The number of nitrogens with zero attached hydrogens (tertiary/aromatic N) is 4. The van der Waals surface area contributed by atoms with Crippen LogP contribution < -0.4 is 15.8 Å². The van der Waals surface area contributed by atoms with Gasteiger partial charge in [0.1, 0.15) is 11.5 Å². The van der Waals surface area contributed by atoms with E-state index < -0.39 is 5.72 Å². The molecular weight excluding hydrogens is 490 g/mol. The second-order valence-electron chi connectivity index (χ2n) is 10.7. The van der Waals surface area contributed by atoms with E-state index in [0.717, 1.165) is 42.0 Å². The first kappa shape index (κ1) is 25.0. The summed E-state index contributed by atoms with van der Waals surface area (Å²) in [6, 6.07) is 13.8. The van der Waals surface area contributed by atoms with Gasteiger partial charge >= 0.3 is 0 Å². The summed E-state index contributed by atoms with van der Waals surface area (Å²) in [5, 5.41) is 10.5. The molecule has 9 nitrogen and oxygen atoms in total. The summed E-state index contributed by atoms with van der Waals surface area (Å²) in [6.45, 7) is 3.32. The Morgan fingerprint density at radius 2 is 2.00 bits per heavy atom. The molecule has 1 saturated carbocycles. The van der Waals surface area contributed by atoms with E-state index in [2.05, 4.69) is 34.7 Å². The molecule has 1 spiro atoms. The number of piperidine rings is 1. The molecule has 1 amide bonds. The van der Waals surface area contributed by atoms with Gasteiger partial charge < -0.3 is 20.7 Å².